The fourth-order valence-electron chi connectivity index (χ4n) is 1.61. The van der Waals surface area contributed by atoms with Gasteiger partial charge in [0.1, 0.15) is 6.54 Å². The number of nitrogen functional groups attached to an aromatic ring is 1. The molecule has 0 radical (unpaired) electrons. The molecule has 106 valence electrons. The first kappa shape index (κ1) is 15.3. The molecule has 0 aliphatic rings. The number of nitrogens with two attached hydrogens (primary N) is 1. The van der Waals surface area contributed by atoms with Crippen LogP contribution in [-0.4, -0.2) is 31.8 Å². The molecule has 0 unspecified atom stereocenters. The van der Waals surface area contributed by atoms with Crippen molar-refractivity contribution in [3.8, 4) is 0 Å². The number of anilines is 2. The standard InChI is InChI=1S/C12H18N2O4S/c1-2-3-8-19(17,18)14(9-12(15)16)11-7-5-4-6-10(11)13/h4-7H,2-3,8-9,13H2,1H3,(H,15,16). The van der Waals surface area contributed by atoms with E-state index in [0.717, 1.165) is 4.31 Å². The third-order valence-electron chi connectivity index (χ3n) is 2.58. The van der Waals surface area contributed by atoms with Gasteiger partial charge in [-0.25, -0.2) is 8.42 Å². The highest BCUT2D eigenvalue weighted by Gasteiger charge is 2.25. The molecule has 0 amide bonds. The zero-order valence-corrected chi connectivity index (χ0v) is 11.6. The zero-order chi connectivity index (χ0) is 14.5. The highest BCUT2D eigenvalue weighted by molar-refractivity contribution is 7.92. The average molecular weight is 286 g/mol. The second-order valence-electron chi connectivity index (χ2n) is 4.13. The van der Waals surface area contributed by atoms with Gasteiger partial charge < -0.3 is 10.8 Å². The van der Waals surface area contributed by atoms with E-state index < -0.39 is 22.5 Å². The number of nitrogens with zero attached hydrogens (tertiary/aromatic N) is 1. The van der Waals surface area contributed by atoms with Gasteiger partial charge in [-0.3, -0.25) is 9.10 Å². The molecule has 1 rings (SSSR count). The van der Waals surface area contributed by atoms with Gasteiger partial charge in [-0.15, -0.1) is 0 Å². The molecule has 1 aromatic carbocycles. The normalized spacial score (nSPS) is 11.2. The van der Waals surface area contributed by atoms with Gasteiger partial charge >= 0.3 is 5.97 Å². The quantitative estimate of drug-likeness (QED) is 0.735. The highest BCUT2D eigenvalue weighted by Crippen LogP contribution is 2.25. The summed E-state index contributed by atoms with van der Waals surface area (Å²) in [6, 6.07) is 6.33. The van der Waals surface area contributed by atoms with Gasteiger partial charge in [-0.1, -0.05) is 25.5 Å². The Morgan fingerprint density at radius 2 is 2.00 bits per heavy atom. The van der Waals surface area contributed by atoms with Crippen LogP contribution >= 0.6 is 0 Å². The molecule has 0 saturated carbocycles. The van der Waals surface area contributed by atoms with Crippen molar-refractivity contribution < 1.29 is 18.3 Å². The van der Waals surface area contributed by atoms with Gasteiger partial charge in [0.05, 0.1) is 17.1 Å². The van der Waals surface area contributed by atoms with Gasteiger partial charge in [0.2, 0.25) is 10.0 Å². The lowest BCUT2D eigenvalue weighted by molar-refractivity contribution is -0.135. The Morgan fingerprint density at radius 3 is 2.53 bits per heavy atom. The lowest BCUT2D eigenvalue weighted by Crippen LogP contribution is -2.37. The Morgan fingerprint density at radius 1 is 1.37 bits per heavy atom. The largest absolute Gasteiger partial charge is 0.480 e. The van der Waals surface area contributed by atoms with Crippen molar-refractivity contribution in [1.82, 2.24) is 0 Å². The summed E-state index contributed by atoms with van der Waals surface area (Å²) in [5.41, 5.74) is 6.17. The molecule has 6 nitrogen and oxygen atoms in total. The first-order valence-corrected chi connectivity index (χ1v) is 7.56. The fraction of sp³-hybridized carbons (Fsp3) is 0.417. The van der Waals surface area contributed by atoms with Crippen LogP contribution in [0.4, 0.5) is 11.4 Å². The number of hydrogen-bond acceptors (Lipinski definition) is 4. The van der Waals surface area contributed by atoms with Crippen molar-refractivity contribution in [3.63, 3.8) is 0 Å². The Balaban J connectivity index is 3.15. The second kappa shape index (κ2) is 6.42. The molecule has 0 aliphatic heterocycles. The van der Waals surface area contributed by atoms with E-state index in [4.69, 9.17) is 10.8 Å². The number of hydrogen-bond donors (Lipinski definition) is 2. The number of carbonyl (C=O) groups is 1. The van der Waals surface area contributed by atoms with Crippen LogP contribution < -0.4 is 10.0 Å². The fourth-order valence-corrected chi connectivity index (χ4v) is 3.25. The van der Waals surface area contributed by atoms with Crippen molar-refractivity contribution in [1.29, 1.82) is 0 Å². The lowest BCUT2D eigenvalue weighted by Gasteiger charge is -2.23. The number of rotatable bonds is 7. The van der Waals surface area contributed by atoms with Crippen LogP contribution in [0.5, 0.6) is 0 Å². The minimum atomic E-state index is -3.68. The van der Waals surface area contributed by atoms with Crippen LogP contribution in [0, 0.1) is 0 Å². The van der Waals surface area contributed by atoms with Crippen molar-refractivity contribution in [3.05, 3.63) is 24.3 Å². The van der Waals surface area contributed by atoms with Gasteiger partial charge in [0.15, 0.2) is 0 Å². The first-order valence-electron chi connectivity index (χ1n) is 5.95. The van der Waals surface area contributed by atoms with E-state index in [2.05, 4.69) is 0 Å². The van der Waals surface area contributed by atoms with E-state index in [1.54, 1.807) is 18.2 Å². The number of carboxylic acid groups (broad SMARTS) is 1. The number of carboxylic acids is 1. The van der Waals surface area contributed by atoms with E-state index in [-0.39, 0.29) is 17.1 Å². The van der Waals surface area contributed by atoms with Crippen LogP contribution in [-0.2, 0) is 14.8 Å². The van der Waals surface area contributed by atoms with Crippen LogP contribution in [0.15, 0.2) is 24.3 Å². The number of aliphatic carboxylic acids is 1. The Bertz CT molecular complexity index is 542. The summed E-state index contributed by atoms with van der Waals surface area (Å²) < 4.78 is 25.2. The van der Waals surface area contributed by atoms with Crippen molar-refractivity contribution in [2.75, 3.05) is 22.3 Å². The summed E-state index contributed by atoms with van der Waals surface area (Å²) in [6.07, 6.45) is 1.19. The van der Waals surface area contributed by atoms with E-state index in [0.29, 0.717) is 12.8 Å². The molecule has 0 aliphatic carbocycles. The van der Waals surface area contributed by atoms with Crippen LogP contribution in [0.1, 0.15) is 19.8 Å². The Labute approximate surface area is 112 Å². The zero-order valence-electron chi connectivity index (χ0n) is 10.7. The maximum absolute atomic E-state index is 12.2. The summed E-state index contributed by atoms with van der Waals surface area (Å²) in [5.74, 6) is -1.31. The molecule has 0 atom stereocenters. The van der Waals surface area contributed by atoms with Crippen molar-refractivity contribution >= 4 is 27.4 Å². The summed E-state index contributed by atoms with van der Waals surface area (Å²) >= 11 is 0. The van der Waals surface area contributed by atoms with Crippen molar-refractivity contribution in [2.45, 2.75) is 19.8 Å². The third kappa shape index (κ3) is 4.13. The Hall–Kier alpha value is -1.76. The minimum absolute atomic E-state index is 0.0921. The van der Waals surface area contributed by atoms with Gasteiger partial charge in [-0.2, -0.15) is 0 Å². The predicted molar refractivity (Wildman–Crippen MR) is 74.5 cm³/mol. The molecule has 7 heteroatoms. The topological polar surface area (TPSA) is 101 Å². The summed E-state index contributed by atoms with van der Waals surface area (Å²) in [7, 11) is -3.68. The molecule has 19 heavy (non-hydrogen) atoms. The summed E-state index contributed by atoms with van der Waals surface area (Å²) in [5, 5.41) is 8.88. The van der Waals surface area contributed by atoms with E-state index in [1.807, 2.05) is 6.92 Å². The van der Waals surface area contributed by atoms with Gasteiger partial charge in [0.25, 0.3) is 0 Å². The lowest BCUT2D eigenvalue weighted by atomic mass is 10.3. The van der Waals surface area contributed by atoms with Gasteiger partial charge in [0, 0.05) is 0 Å². The number of para-hydroxylation sites is 2. The van der Waals surface area contributed by atoms with E-state index in [9.17, 15) is 13.2 Å². The SMILES string of the molecule is CCCCS(=O)(=O)N(CC(=O)O)c1ccccc1N. The minimum Gasteiger partial charge on any atom is -0.480 e. The van der Waals surface area contributed by atoms with E-state index >= 15 is 0 Å². The van der Waals surface area contributed by atoms with Gasteiger partial charge in [-0.05, 0) is 18.6 Å². The predicted octanol–water partition coefficient (Wildman–Crippen LogP) is 1.29. The molecular weight excluding hydrogens is 268 g/mol. The summed E-state index contributed by atoms with van der Waals surface area (Å²) in [4.78, 5) is 10.9. The highest BCUT2D eigenvalue weighted by atomic mass is 32.2. The smallest absolute Gasteiger partial charge is 0.324 e. The second-order valence-corrected chi connectivity index (χ2v) is 6.14. The van der Waals surface area contributed by atoms with E-state index in [1.165, 1.54) is 6.07 Å². The van der Waals surface area contributed by atoms with Crippen LogP contribution in [0.2, 0.25) is 0 Å². The number of benzene rings is 1. The maximum Gasteiger partial charge on any atom is 0.324 e. The molecule has 0 bridgehead atoms. The monoisotopic (exact) mass is 286 g/mol. The van der Waals surface area contributed by atoms with Crippen LogP contribution in [0.25, 0.3) is 0 Å². The molecule has 3 N–H and O–H groups in total. The molecule has 1 aromatic rings. The molecular formula is C12H18N2O4S. The molecule has 0 spiro atoms. The third-order valence-corrected chi connectivity index (χ3v) is 4.38. The van der Waals surface area contributed by atoms with Crippen LogP contribution in [0.3, 0.4) is 0 Å². The molecule has 0 fully saturated rings. The molecule has 0 aromatic heterocycles. The maximum atomic E-state index is 12.2. The first-order chi connectivity index (χ1) is 8.88. The number of sulfonamides is 1. The van der Waals surface area contributed by atoms with Crippen molar-refractivity contribution in [2.24, 2.45) is 0 Å². The summed E-state index contributed by atoms with van der Waals surface area (Å²) in [6.45, 7) is 1.24. The molecule has 0 saturated heterocycles. The number of unbranched alkanes of at least 4 members (excludes halogenated alkanes) is 1. The average Bonchev–Trinajstić information content (AvgIpc) is 2.34. The molecule has 0 heterocycles. The Kier molecular flexibility index (Phi) is 5.17.